The summed E-state index contributed by atoms with van der Waals surface area (Å²) in [6.45, 7) is 2.12. The monoisotopic (exact) mass is 374 g/mol. The van der Waals surface area contributed by atoms with Gasteiger partial charge in [-0.1, -0.05) is 72.8 Å². The van der Waals surface area contributed by atoms with Crippen LogP contribution in [0.5, 0.6) is 5.75 Å². The van der Waals surface area contributed by atoms with Gasteiger partial charge in [-0.05, 0) is 35.9 Å². The van der Waals surface area contributed by atoms with E-state index < -0.39 is 0 Å². The summed E-state index contributed by atoms with van der Waals surface area (Å²) in [6, 6.07) is 28.0. The van der Waals surface area contributed by atoms with Gasteiger partial charge in [0.25, 0.3) is 0 Å². The van der Waals surface area contributed by atoms with Crippen LogP contribution in [-0.4, -0.2) is 24.4 Å². The summed E-state index contributed by atoms with van der Waals surface area (Å²) in [6.07, 6.45) is 0. The molecule has 0 fully saturated rings. The number of nitrogens with one attached hydrogen (secondary N) is 1. The maximum Gasteiger partial charge on any atom is 0.234 e. The fourth-order valence-electron chi connectivity index (χ4n) is 2.94. The highest BCUT2D eigenvalue weighted by Crippen LogP contribution is 2.15. The first-order valence-electron chi connectivity index (χ1n) is 9.44. The Kier molecular flexibility index (Phi) is 7.21. The Morgan fingerprint density at radius 2 is 1.50 bits per heavy atom. The van der Waals surface area contributed by atoms with Gasteiger partial charge in [0.1, 0.15) is 12.4 Å². The molecular weight excluding hydrogens is 348 g/mol. The number of carbonyl (C=O) groups is 1. The lowest BCUT2D eigenvalue weighted by molar-refractivity contribution is -0.122. The lowest BCUT2D eigenvalue weighted by Gasteiger charge is -2.16. The van der Waals surface area contributed by atoms with Crippen molar-refractivity contribution in [3.63, 3.8) is 0 Å². The van der Waals surface area contributed by atoms with E-state index in [-0.39, 0.29) is 5.91 Å². The third-order valence-electron chi connectivity index (χ3n) is 4.35. The summed E-state index contributed by atoms with van der Waals surface area (Å²) in [5.41, 5.74) is 3.34. The van der Waals surface area contributed by atoms with E-state index in [1.807, 2.05) is 84.7 Å². The molecule has 144 valence electrons. The standard InChI is InChI=1S/C24H26N2O2/c1-26(17-20-9-4-2-5-10-20)18-24(27)25-16-22-13-8-14-23(15-22)28-19-21-11-6-3-7-12-21/h2-15H,16-19H2,1H3,(H,25,27). The van der Waals surface area contributed by atoms with Crippen molar-refractivity contribution in [1.29, 1.82) is 0 Å². The summed E-state index contributed by atoms with van der Waals surface area (Å²) in [5.74, 6) is 0.811. The summed E-state index contributed by atoms with van der Waals surface area (Å²) in [5, 5.41) is 2.98. The number of carbonyl (C=O) groups excluding carboxylic acids is 1. The van der Waals surface area contributed by atoms with Gasteiger partial charge in [-0.2, -0.15) is 0 Å². The minimum Gasteiger partial charge on any atom is -0.489 e. The Morgan fingerprint density at radius 1 is 0.857 bits per heavy atom. The predicted octanol–water partition coefficient (Wildman–Crippen LogP) is 4.01. The maximum absolute atomic E-state index is 12.2. The lowest BCUT2D eigenvalue weighted by Crippen LogP contribution is -2.34. The first-order chi connectivity index (χ1) is 13.7. The molecule has 0 spiro atoms. The second kappa shape index (κ2) is 10.3. The molecule has 0 unspecified atom stereocenters. The van der Waals surface area contributed by atoms with Crippen LogP contribution in [0, 0.1) is 0 Å². The van der Waals surface area contributed by atoms with Crippen LogP contribution in [0.1, 0.15) is 16.7 Å². The van der Waals surface area contributed by atoms with Crippen molar-refractivity contribution in [1.82, 2.24) is 10.2 Å². The zero-order chi connectivity index (χ0) is 19.6. The molecular formula is C24H26N2O2. The van der Waals surface area contributed by atoms with E-state index in [0.29, 0.717) is 19.7 Å². The molecule has 0 saturated heterocycles. The number of hydrogen-bond donors (Lipinski definition) is 1. The van der Waals surface area contributed by atoms with Crippen molar-refractivity contribution >= 4 is 5.91 Å². The van der Waals surface area contributed by atoms with Gasteiger partial charge >= 0.3 is 0 Å². The number of amides is 1. The molecule has 4 nitrogen and oxygen atoms in total. The molecule has 0 atom stereocenters. The van der Waals surface area contributed by atoms with Crippen molar-refractivity contribution in [3.05, 3.63) is 102 Å². The predicted molar refractivity (Wildman–Crippen MR) is 112 cm³/mol. The Balaban J connectivity index is 1.44. The Hall–Kier alpha value is -3.11. The number of likely N-dealkylation sites (N-methyl/N-ethyl adjacent to an activating group) is 1. The molecule has 28 heavy (non-hydrogen) atoms. The number of hydrogen-bond acceptors (Lipinski definition) is 3. The first-order valence-corrected chi connectivity index (χ1v) is 9.44. The number of ether oxygens (including phenoxy) is 1. The van der Waals surface area contributed by atoms with Crippen LogP contribution in [0.15, 0.2) is 84.9 Å². The van der Waals surface area contributed by atoms with Gasteiger partial charge in [0, 0.05) is 13.1 Å². The lowest BCUT2D eigenvalue weighted by atomic mass is 10.2. The van der Waals surface area contributed by atoms with E-state index >= 15 is 0 Å². The minimum atomic E-state index is 0.00837. The molecule has 0 aliphatic heterocycles. The van der Waals surface area contributed by atoms with Crippen molar-refractivity contribution in [2.24, 2.45) is 0 Å². The SMILES string of the molecule is CN(CC(=O)NCc1cccc(OCc2ccccc2)c1)Cc1ccccc1. The second-order valence-electron chi connectivity index (χ2n) is 6.86. The van der Waals surface area contributed by atoms with Crippen molar-refractivity contribution < 1.29 is 9.53 Å². The quantitative estimate of drug-likeness (QED) is 0.615. The number of nitrogens with zero attached hydrogens (tertiary/aromatic N) is 1. The van der Waals surface area contributed by atoms with Crippen LogP contribution < -0.4 is 10.1 Å². The van der Waals surface area contributed by atoms with Crippen LogP contribution in [-0.2, 0) is 24.5 Å². The fraction of sp³-hybridized carbons (Fsp3) is 0.208. The average molecular weight is 374 g/mol. The molecule has 0 heterocycles. The van der Waals surface area contributed by atoms with Crippen LogP contribution >= 0.6 is 0 Å². The van der Waals surface area contributed by atoms with Crippen LogP contribution in [0.25, 0.3) is 0 Å². The summed E-state index contributed by atoms with van der Waals surface area (Å²) >= 11 is 0. The van der Waals surface area contributed by atoms with Gasteiger partial charge in [-0.3, -0.25) is 9.69 Å². The molecule has 0 aliphatic rings. The van der Waals surface area contributed by atoms with E-state index in [1.54, 1.807) is 0 Å². The highest BCUT2D eigenvalue weighted by Gasteiger charge is 2.07. The van der Waals surface area contributed by atoms with Gasteiger partial charge in [-0.25, -0.2) is 0 Å². The van der Waals surface area contributed by atoms with E-state index in [1.165, 1.54) is 5.56 Å². The smallest absolute Gasteiger partial charge is 0.234 e. The van der Waals surface area contributed by atoms with Gasteiger partial charge in [0.15, 0.2) is 0 Å². The molecule has 1 N–H and O–H groups in total. The Labute approximate surface area is 166 Å². The van der Waals surface area contributed by atoms with E-state index in [0.717, 1.165) is 23.4 Å². The Bertz CT molecular complexity index is 866. The number of rotatable bonds is 9. The first kappa shape index (κ1) is 19.6. The second-order valence-corrected chi connectivity index (χ2v) is 6.86. The maximum atomic E-state index is 12.2. The molecule has 0 aromatic heterocycles. The van der Waals surface area contributed by atoms with Crippen LogP contribution in [0.4, 0.5) is 0 Å². The van der Waals surface area contributed by atoms with E-state index in [2.05, 4.69) is 17.4 Å². The Morgan fingerprint density at radius 3 is 2.21 bits per heavy atom. The fourth-order valence-corrected chi connectivity index (χ4v) is 2.94. The summed E-state index contributed by atoms with van der Waals surface area (Å²) in [4.78, 5) is 14.2. The highest BCUT2D eigenvalue weighted by atomic mass is 16.5. The summed E-state index contributed by atoms with van der Waals surface area (Å²) in [7, 11) is 1.95. The average Bonchev–Trinajstić information content (AvgIpc) is 2.72. The molecule has 3 rings (SSSR count). The van der Waals surface area contributed by atoms with Crippen LogP contribution in [0.3, 0.4) is 0 Å². The zero-order valence-electron chi connectivity index (χ0n) is 16.2. The molecule has 0 radical (unpaired) electrons. The third-order valence-corrected chi connectivity index (χ3v) is 4.35. The molecule has 3 aromatic rings. The zero-order valence-corrected chi connectivity index (χ0v) is 16.2. The normalized spacial score (nSPS) is 10.6. The topological polar surface area (TPSA) is 41.6 Å². The van der Waals surface area contributed by atoms with E-state index in [4.69, 9.17) is 4.74 Å². The summed E-state index contributed by atoms with van der Waals surface area (Å²) < 4.78 is 5.85. The largest absolute Gasteiger partial charge is 0.489 e. The molecule has 4 heteroatoms. The van der Waals surface area contributed by atoms with Gasteiger partial charge in [0.2, 0.25) is 5.91 Å². The molecule has 0 aliphatic carbocycles. The molecule has 1 amide bonds. The van der Waals surface area contributed by atoms with Gasteiger partial charge in [-0.15, -0.1) is 0 Å². The van der Waals surface area contributed by atoms with Crippen molar-refractivity contribution in [2.75, 3.05) is 13.6 Å². The third kappa shape index (κ3) is 6.56. The van der Waals surface area contributed by atoms with E-state index in [9.17, 15) is 4.79 Å². The highest BCUT2D eigenvalue weighted by molar-refractivity contribution is 5.77. The van der Waals surface area contributed by atoms with Gasteiger partial charge < -0.3 is 10.1 Å². The van der Waals surface area contributed by atoms with Crippen molar-refractivity contribution in [3.8, 4) is 5.75 Å². The number of benzene rings is 3. The van der Waals surface area contributed by atoms with Crippen LogP contribution in [0.2, 0.25) is 0 Å². The minimum absolute atomic E-state index is 0.00837. The molecule has 0 saturated carbocycles. The van der Waals surface area contributed by atoms with Gasteiger partial charge in [0.05, 0.1) is 6.54 Å². The molecule has 3 aromatic carbocycles. The molecule has 0 bridgehead atoms. The van der Waals surface area contributed by atoms with Crippen molar-refractivity contribution in [2.45, 2.75) is 19.7 Å².